The highest BCUT2D eigenvalue weighted by Crippen LogP contribution is 2.17. The zero-order chi connectivity index (χ0) is 20.3. The van der Waals surface area contributed by atoms with E-state index in [0.717, 1.165) is 50.2 Å². The maximum atomic E-state index is 12.0. The van der Waals surface area contributed by atoms with Crippen molar-refractivity contribution in [2.24, 2.45) is 11.1 Å². The van der Waals surface area contributed by atoms with Crippen molar-refractivity contribution in [3.63, 3.8) is 0 Å². The van der Waals surface area contributed by atoms with Crippen molar-refractivity contribution < 1.29 is 14.4 Å². The lowest BCUT2D eigenvalue weighted by Gasteiger charge is -2.30. The van der Waals surface area contributed by atoms with Crippen molar-refractivity contribution in [1.82, 2.24) is 4.90 Å². The number of esters is 1. The van der Waals surface area contributed by atoms with E-state index < -0.39 is 0 Å². The third-order valence-corrected chi connectivity index (χ3v) is 5.12. The average Bonchev–Trinajstić information content (AvgIpc) is 2.77. The Bertz CT molecular complexity index is 777. The van der Waals surface area contributed by atoms with Crippen LogP contribution in [0.25, 0.3) is 0 Å². The number of piperidine rings is 1. The van der Waals surface area contributed by atoms with E-state index in [1.165, 1.54) is 5.56 Å². The molecule has 1 fully saturated rings. The van der Waals surface area contributed by atoms with Crippen LogP contribution in [-0.2, 0) is 20.8 Å². The van der Waals surface area contributed by atoms with Gasteiger partial charge in [0.15, 0.2) is 0 Å². The van der Waals surface area contributed by atoms with Gasteiger partial charge in [-0.1, -0.05) is 65.8 Å². The van der Waals surface area contributed by atoms with Crippen molar-refractivity contribution in [3.8, 4) is 0 Å². The number of hydrogen-bond donors (Lipinski definition) is 0. The summed E-state index contributed by atoms with van der Waals surface area (Å²) >= 11 is 0. The van der Waals surface area contributed by atoms with Gasteiger partial charge < -0.3 is 9.57 Å². The molecule has 0 N–H and O–H groups in total. The highest BCUT2D eigenvalue weighted by Gasteiger charge is 2.26. The van der Waals surface area contributed by atoms with Gasteiger partial charge in [0, 0.05) is 19.5 Å². The van der Waals surface area contributed by atoms with Gasteiger partial charge in [0.1, 0.15) is 6.61 Å². The third kappa shape index (κ3) is 6.71. The topological polar surface area (TPSA) is 51.1 Å². The van der Waals surface area contributed by atoms with Gasteiger partial charge in [-0.3, -0.25) is 9.69 Å². The second kappa shape index (κ2) is 11.4. The van der Waals surface area contributed by atoms with E-state index in [2.05, 4.69) is 34.3 Å². The monoisotopic (exact) mass is 394 g/mol. The predicted molar refractivity (Wildman–Crippen MR) is 115 cm³/mol. The van der Waals surface area contributed by atoms with Crippen molar-refractivity contribution in [3.05, 3.63) is 71.8 Å². The molecule has 154 valence electrons. The lowest BCUT2D eigenvalue weighted by molar-refractivity contribution is -0.150. The normalized spacial score (nSPS) is 17.7. The Morgan fingerprint density at radius 1 is 1.10 bits per heavy atom. The third-order valence-electron chi connectivity index (χ3n) is 5.12. The molecule has 0 saturated carbocycles. The van der Waals surface area contributed by atoms with E-state index in [0.29, 0.717) is 13.2 Å². The van der Waals surface area contributed by atoms with Crippen LogP contribution in [0.1, 0.15) is 30.9 Å². The van der Waals surface area contributed by atoms with Crippen molar-refractivity contribution in [2.45, 2.75) is 26.2 Å². The van der Waals surface area contributed by atoms with Gasteiger partial charge in [0.05, 0.1) is 18.2 Å². The first-order valence-electron chi connectivity index (χ1n) is 10.4. The Morgan fingerprint density at radius 3 is 2.55 bits per heavy atom. The van der Waals surface area contributed by atoms with Gasteiger partial charge in [-0.15, -0.1) is 0 Å². The smallest absolute Gasteiger partial charge is 0.310 e. The van der Waals surface area contributed by atoms with Crippen LogP contribution in [0.5, 0.6) is 0 Å². The van der Waals surface area contributed by atoms with E-state index in [4.69, 9.17) is 9.57 Å². The Kier molecular flexibility index (Phi) is 8.25. The lowest BCUT2D eigenvalue weighted by atomic mass is 9.98. The molecular formula is C24H30N2O3. The number of carbonyl (C=O) groups excluding carboxylic acids is 1. The summed E-state index contributed by atoms with van der Waals surface area (Å²) in [5.41, 5.74) is 3.18. The van der Waals surface area contributed by atoms with Crippen LogP contribution in [0, 0.1) is 5.92 Å². The molecule has 0 radical (unpaired) electrons. The number of oxime groups is 1. The van der Waals surface area contributed by atoms with Gasteiger partial charge >= 0.3 is 5.97 Å². The van der Waals surface area contributed by atoms with Crippen LogP contribution in [0.15, 0.2) is 65.8 Å². The largest absolute Gasteiger partial charge is 0.466 e. The molecule has 0 spiro atoms. The first kappa shape index (κ1) is 21.1. The molecule has 0 amide bonds. The maximum Gasteiger partial charge on any atom is 0.310 e. The van der Waals surface area contributed by atoms with E-state index in [1.807, 2.05) is 43.3 Å². The fraction of sp³-hybridized carbons (Fsp3) is 0.417. The van der Waals surface area contributed by atoms with Gasteiger partial charge in [-0.2, -0.15) is 0 Å². The van der Waals surface area contributed by atoms with Crippen LogP contribution >= 0.6 is 0 Å². The fourth-order valence-electron chi connectivity index (χ4n) is 3.61. The highest BCUT2D eigenvalue weighted by atomic mass is 16.6. The first-order chi connectivity index (χ1) is 14.3. The van der Waals surface area contributed by atoms with Crippen LogP contribution in [-0.4, -0.2) is 49.4 Å². The van der Waals surface area contributed by atoms with Gasteiger partial charge in [0.25, 0.3) is 0 Å². The Hall–Kier alpha value is -2.66. The molecule has 29 heavy (non-hydrogen) atoms. The molecule has 2 aromatic carbocycles. The van der Waals surface area contributed by atoms with Crippen LogP contribution in [0.3, 0.4) is 0 Å². The molecule has 1 atom stereocenters. The Balaban J connectivity index is 1.55. The lowest BCUT2D eigenvalue weighted by Crippen LogP contribution is -2.40. The summed E-state index contributed by atoms with van der Waals surface area (Å²) in [6, 6.07) is 20.4. The summed E-state index contributed by atoms with van der Waals surface area (Å²) in [5, 5.41) is 4.46. The van der Waals surface area contributed by atoms with Gasteiger partial charge in [0.2, 0.25) is 0 Å². The minimum atomic E-state index is -0.0784. The number of likely N-dealkylation sites (tertiary alicyclic amines) is 1. The summed E-state index contributed by atoms with van der Waals surface area (Å²) in [6.45, 7) is 5.27. The molecule has 5 nitrogen and oxygen atoms in total. The molecule has 1 unspecified atom stereocenters. The minimum absolute atomic E-state index is 0.0230. The zero-order valence-corrected chi connectivity index (χ0v) is 17.1. The van der Waals surface area contributed by atoms with E-state index >= 15 is 0 Å². The quantitative estimate of drug-likeness (QED) is 0.280. The summed E-state index contributed by atoms with van der Waals surface area (Å²) in [5.74, 6) is -0.101. The van der Waals surface area contributed by atoms with E-state index in [-0.39, 0.29) is 11.9 Å². The standard InChI is InChI=1S/C24H30N2O3/c1-2-28-24(27)22-14-9-15-26(19-22)16-17-29-25-23(21-12-7-4-8-13-21)18-20-10-5-3-6-11-20/h3-8,10-13,22H,2,9,14-19H2,1H3. The van der Waals surface area contributed by atoms with Crippen molar-refractivity contribution >= 4 is 11.7 Å². The summed E-state index contributed by atoms with van der Waals surface area (Å²) in [7, 11) is 0. The van der Waals surface area contributed by atoms with Crippen LogP contribution in [0.2, 0.25) is 0 Å². The first-order valence-corrected chi connectivity index (χ1v) is 10.4. The molecule has 1 saturated heterocycles. The van der Waals surface area contributed by atoms with Gasteiger partial charge in [-0.25, -0.2) is 0 Å². The summed E-state index contributed by atoms with van der Waals surface area (Å²) in [4.78, 5) is 20.0. The number of hydrogen-bond acceptors (Lipinski definition) is 5. The minimum Gasteiger partial charge on any atom is -0.466 e. The number of rotatable bonds is 9. The predicted octanol–water partition coefficient (Wildman–Crippen LogP) is 3.93. The molecule has 1 aliphatic heterocycles. The fourth-order valence-corrected chi connectivity index (χ4v) is 3.61. The SMILES string of the molecule is CCOC(=O)C1CCCN(CCON=C(Cc2ccccc2)c2ccccc2)C1. The molecule has 1 heterocycles. The zero-order valence-electron chi connectivity index (χ0n) is 17.1. The average molecular weight is 395 g/mol. The highest BCUT2D eigenvalue weighted by molar-refractivity contribution is 6.01. The van der Waals surface area contributed by atoms with Crippen LogP contribution in [0.4, 0.5) is 0 Å². The van der Waals surface area contributed by atoms with Crippen molar-refractivity contribution in [2.75, 3.05) is 32.8 Å². The number of nitrogens with zero attached hydrogens (tertiary/aromatic N) is 2. The molecular weight excluding hydrogens is 364 g/mol. The molecule has 0 bridgehead atoms. The molecule has 2 aromatic rings. The summed E-state index contributed by atoms with van der Waals surface area (Å²) in [6.07, 6.45) is 2.64. The number of ether oxygens (including phenoxy) is 1. The number of carbonyl (C=O) groups is 1. The van der Waals surface area contributed by atoms with E-state index in [1.54, 1.807) is 0 Å². The maximum absolute atomic E-state index is 12.0. The Labute approximate surface area is 173 Å². The van der Waals surface area contributed by atoms with E-state index in [9.17, 15) is 4.79 Å². The molecule has 5 heteroatoms. The van der Waals surface area contributed by atoms with Crippen molar-refractivity contribution in [1.29, 1.82) is 0 Å². The van der Waals surface area contributed by atoms with Crippen LogP contribution < -0.4 is 0 Å². The second-order valence-electron chi connectivity index (χ2n) is 7.29. The molecule has 0 aromatic heterocycles. The molecule has 3 rings (SSSR count). The molecule has 1 aliphatic rings. The molecule has 0 aliphatic carbocycles. The summed E-state index contributed by atoms with van der Waals surface area (Å²) < 4.78 is 5.17. The second-order valence-corrected chi connectivity index (χ2v) is 7.29. The number of benzene rings is 2. The van der Waals surface area contributed by atoms with Gasteiger partial charge in [-0.05, 0) is 37.4 Å². The Morgan fingerprint density at radius 2 is 1.83 bits per heavy atom.